The predicted octanol–water partition coefficient (Wildman–Crippen LogP) is 2.39. The van der Waals surface area contributed by atoms with Crippen molar-refractivity contribution in [1.82, 2.24) is 5.32 Å². The molecule has 2 aromatic rings. The van der Waals surface area contributed by atoms with Crippen molar-refractivity contribution in [1.29, 1.82) is 0 Å². The first-order chi connectivity index (χ1) is 9.36. The van der Waals surface area contributed by atoms with Crippen LogP contribution in [0, 0.1) is 6.92 Å². The minimum absolute atomic E-state index is 0.211. The van der Waals surface area contributed by atoms with Crippen LogP contribution in [0.5, 0.6) is 0 Å². The van der Waals surface area contributed by atoms with Crippen LogP contribution in [0.2, 0.25) is 0 Å². The third-order valence-electron chi connectivity index (χ3n) is 2.76. The van der Waals surface area contributed by atoms with E-state index in [1.165, 1.54) is 29.1 Å². The molecule has 20 heavy (non-hydrogen) atoms. The first-order valence-electron chi connectivity index (χ1n) is 6.00. The molecule has 1 aromatic heterocycles. The Morgan fingerprint density at radius 1 is 1.15 bits per heavy atom. The van der Waals surface area contributed by atoms with Crippen molar-refractivity contribution in [2.45, 2.75) is 18.4 Å². The Morgan fingerprint density at radius 2 is 1.80 bits per heavy atom. The van der Waals surface area contributed by atoms with Gasteiger partial charge in [-0.25, -0.2) is 8.42 Å². The summed E-state index contributed by atoms with van der Waals surface area (Å²) in [6, 6.07) is 9.91. The summed E-state index contributed by atoms with van der Waals surface area (Å²) in [7, 11) is -3.23. The van der Waals surface area contributed by atoms with Crippen LogP contribution in [0.1, 0.15) is 20.1 Å². The standard InChI is InChI=1S/C14H15NO3S2/c1-10-3-6-12(19-10)9-15-14(16)11-4-7-13(8-5-11)20(2,17)18/h3-8H,9H2,1-2H3,(H,15,16). The Balaban J connectivity index is 2.02. The fourth-order valence-corrected chi connectivity index (χ4v) is 3.16. The number of thiophene rings is 1. The Bertz CT molecular complexity index is 715. The van der Waals surface area contributed by atoms with E-state index in [0.717, 1.165) is 11.1 Å². The summed E-state index contributed by atoms with van der Waals surface area (Å²) >= 11 is 1.64. The highest BCUT2D eigenvalue weighted by molar-refractivity contribution is 7.90. The number of rotatable bonds is 4. The number of aryl methyl sites for hydroxylation is 1. The smallest absolute Gasteiger partial charge is 0.251 e. The Hall–Kier alpha value is -1.66. The summed E-state index contributed by atoms with van der Waals surface area (Å²) in [4.78, 5) is 14.4. The van der Waals surface area contributed by atoms with E-state index in [1.54, 1.807) is 11.3 Å². The Morgan fingerprint density at radius 3 is 2.30 bits per heavy atom. The number of sulfone groups is 1. The van der Waals surface area contributed by atoms with Crippen LogP contribution in [0.4, 0.5) is 0 Å². The third kappa shape index (κ3) is 3.68. The summed E-state index contributed by atoms with van der Waals surface area (Å²) in [5, 5.41) is 2.81. The normalized spacial score (nSPS) is 11.3. The molecule has 1 N–H and O–H groups in total. The molecule has 1 heterocycles. The summed E-state index contributed by atoms with van der Waals surface area (Å²) in [6.45, 7) is 2.49. The lowest BCUT2D eigenvalue weighted by Crippen LogP contribution is -2.22. The van der Waals surface area contributed by atoms with E-state index < -0.39 is 9.84 Å². The van der Waals surface area contributed by atoms with Crippen LogP contribution in [-0.2, 0) is 16.4 Å². The van der Waals surface area contributed by atoms with Gasteiger partial charge < -0.3 is 5.32 Å². The van der Waals surface area contributed by atoms with Crippen LogP contribution >= 0.6 is 11.3 Å². The average Bonchev–Trinajstić information content (AvgIpc) is 2.81. The van der Waals surface area contributed by atoms with Crippen molar-refractivity contribution in [3.05, 3.63) is 51.7 Å². The molecule has 0 aliphatic carbocycles. The quantitative estimate of drug-likeness (QED) is 0.943. The molecule has 0 aliphatic heterocycles. The van der Waals surface area contributed by atoms with Gasteiger partial charge in [-0.05, 0) is 43.3 Å². The number of amides is 1. The molecule has 0 unspecified atom stereocenters. The monoisotopic (exact) mass is 309 g/mol. The van der Waals surface area contributed by atoms with Crippen molar-refractivity contribution in [2.75, 3.05) is 6.26 Å². The van der Waals surface area contributed by atoms with Crippen LogP contribution in [0.25, 0.3) is 0 Å². The van der Waals surface area contributed by atoms with Crippen molar-refractivity contribution in [3.63, 3.8) is 0 Å². The molecule has 1 amide bonds. The van der Waals surface area contributed by atoms with Gasteiger partial charge in [-0.1, -0.05) is 0 Å². The van der Waals surface area contributed by atoms with Crippen molar-refractivity contribution in [3.8, 4) is 0 Å². The number of hydrogen-bond donors (Lipinski definition) is 1. The molecular weight excluding hydrogens is 294 g/mol. The van der Waals surface area contributed by atoms with Crippen LogP contribution in [0.15, 0.2) is 41.3 Å². The first-order valence-corrected chi connectivity index (χ1v) is 8.71. The van der Waals surface area contributed by atoms with E-state index in [2.05, 4.69) is 5.32 Å². The average molecular weight is 309 g/mol. The molecule has 0 bridgehead atoms. The summed E-state index contributed by atoms with van der Waals surface area (Å²) in [5.74, 6) is -0.212. The van der Waals surface area contributed by atoms with Gasteiger partial charge in [0.25, 0.3) is 5.91 Å². The number of carbonyl (C=O) groups is 1. The molecule has 2 rings (SSSR count). The van der Waals surface area contributed by atoms with Gasteiger partial charge in [-0.3, -0.25) is 4.79 Å². The van der Waals surface area contributed by atoms with Gasteiger partial charge in [0.15, 0.2) is 9.84 Å². The topological polar surface area (TPSA) is 63.2 Å². The third-order valence-corrected chi connectivity index (χ3v) is 4.89. The summed E-state index contributed by atoms with van der Waals surface area (Å²) in [5.41, 5.74) is 0.450. The van der Waals surface area contributed by atoms with Gasteiger partial charge in [-0.2, -0.15) is 0 Å². The number of hydrogen-bond acceptors (Lipinski definition) is 4. The molecule has 0 aliphatic rings. The molecule has 106 valence electrons. The van der Waals surface area contributed by atoms with E-state index in [4.69, 9.17) is 0 Å². The lowest BCUT2D eigenvalue weighted by Gasteiger charge is -2.04. The largest absolute Gasteiger partial charge is 0.347 e. The van der Waals surface area contributed by atoms with E-state index in [9.17, 15) is 13.2 Å². The van der Waals surface area contributed by atoms with Gasteiger partial charge in [-0.15, -0.1) is 11.3 Å². The molecular formula is C14H15NO3S2. The van der Waals surface area contributed by atoms with Crippen LogP contribution in [-0.4, -0.2) is 20.6 Å². The molecule has 4 nitrogen and oxygen atoms in total. The molecule has 0 spiro atoms. The number of nitrogens with one attached hydrogen (secondary N) is 1. The maximum atomic E-state index is 11.9. The second kappa shape index (κ2) is 5.76. The number of benzene rings is 1. The highest BCUT2D eigenvalue weighted by Crippen LogP contribution is 2.15. The lowest BCUT2D eigenvalue weighted by atomic mass is 10.2. The zero-order valence-corrected chi connectivity index (χ0v) is 12.8. The molecule has 0 atom stereocenters. The minimum atomic E-state index is -3.23. The van der Waals surface area contributed by atoms with Crippen molar-refractivity contribution >= 4 is 27.1 Å². The van der Waals surface area contributed by atoms with E-state index in [1.807, 2.05) is 19.1 Å². The molecule has 6 heteroatoms. The number of carbonyl (C=O) groups excluding carboxylic acids is 1. The molecule has 0 radical (unpaired) electrons. The van der Waals surface area contributed by atoms with E-state index >= 15 is 0 Å². The predicted molar refractivity (Wildman–Crippen MR) is 79.8 cm³/mol. The zero-order valence-electron chi connectivity index (χ0n) is 11.2. The second-order valence-electron chi connectivity index (χ2n) is 4.49. The minimum Gasteiger partial charge on any atom is -0.347 e. The zero-order chi connectivity index (χ0) is 14.8. The second-order valence-corrected chi connectivity index (χ2v) is 7.88. The Kier molecular flexibility index (Phi) is 4.25. The molecule has 1 aromatic carbocycles. The molecule has 0 fully saturated rings. The van der Waals surface area contributed by atoms with Gasteiger partial charge in [0.05, 0.1) is 11.4 Å². The van der Waals surface area contributed by atoms with Crippen molar-refractivity contribution in [2.24, 2.45) is 0 Å². The fourth-order valence-electron chi connectivity index (χ4n) is 1.70. The van der Waals surface area contributed by atoms with E-state index in [0.29, 0.717) is 12.1 Å². The van der Waals surface area contributed by atoms with Gasteiger partial charge >= 0.3 is 0 Å². The maximum Gasteiger partial charge on any atom is 0.251 e. The lowest BCUT2D eigenvalue weighted by molar-refractivity contribution is 0.0951. The highest BCUT2D eigenvalue weighted by atomic mass is 32.2. The van der Waals surface area contributed by atoms with Crippen LogP contribution < -0.4 is 5.32 Å². The van der Waals surface area contributed by atoms with Gasteiger partial charge in [0.1, 0.15) is 0 Å². The fraction of sp³-hybridized carbons (Fsp3) is 0.214. The van der Waals surface area contributed by atoms with Crippen LogP contribution in [0.3, 0.4) is 0 Å². The SMILES string of the molecule is Cc1ccc(CNC(=O)c2ccc(S(C)(=O)=O)cc2)s1. The highest BCUT2D eigenvalue weighted by Gasteiger charge is 2.10. The molecule has 0 saturated carbocycles. The Labute approximate surface area is 122 Å². The first kappa shape index (κ1) is 14.7. The maximum absolute atomic E-state index is 11.9. The summed E-state index contributed by atoms with van der Waals surface area (Å²) in [6.07, 6.45) is 1.14. The van der Waals surface area contributed by atoms with Gasteiger partial charge in [0.2, 0.25) is 0 Å². The molecule has 0 saturated heterocycles. The van der Waals surface area contributed by atoms with Gasteiger partial charge in [0, 0.05) is 21.6 Å². The van der Waals surface area contributed by atoms with E-state index in [-0.39, 0.29) is 10.8 Å². The van der Waals surface area contributed by atoms with Crippen molar-refractivity contribution < 1.29 is 13.2 Å². The summed E-state index contributed by atoms with van der Waals surface area (Å²) < 4.78 is 22.7.